The first kappa shape index (κ1) is 23.3. The normalized spacial score (nSPS) is 14.5. The van der Waals surface area contributed by atoms with E-state index in [4.69, 9.17) is 16.7 Å². The largest absolute Gasteiger partial charge is 0.353 e. The van der Waals surface area contributed by atoms with E-state index in [0.717, 1.165) is 71.8 Å². The zero-order chi connectivity index (χ0) is 24.5. The van der Waals surface area contributed by atoms with Gasteiger partial charge in [0.2, 0.25) is 5.91 Å². The van der Waals surface area contributed by atoms with Crippen molar-refractivity contribution in [2.75, 3.05) is 23.3 Å². The first-order valence-corrected chi connectivity index (χ1v) is 12.5. The van der Waals surface area contributed by atoms with Crippen molar-refractivity contribution in [3.8, 4) is 5.69 Å². The molecule has 35 heavy (non-hydrogen) atoms. The number of halogens is 1. The number of piperidine rings is 1. The molecule has 0 bridgehead atoms. The number of fused-ring (bicyclic) bond motifs is 1. The van der Waals surface area contributed by atoms with E-state index in [0.29, 0.717) is 5.02 Å². The smallest absolute Gasteiger partial charge is 0.227 e. The molecule has 0 atom stereocenters. The van der Waals surface area contributed by atoms with Gasteiger partial charge in [0.05, 0.1) is 22.5 Å². The van der Waals surface area contributed by atoms with Crippen molar-refractivity contribution in [2.45, 2.75) is 40.0 Å². The lowest BCUT2D eigenvalue weighted by molar-refractivity contribution is -0.120. The van der Waals surface area contributed by atoms with Gasteiger partial charge in [0.25, 0.3) is 0 Å². The van der Waals surface area contributed by atoms with Crippen LogP contribution in [0, 0.1) is 19.8 Å². The molecule has 1 N–H and O–H groups in total. The number of hydrogen-bond donors (Lipinski definition) is 1. The van der Waals surface area contributed by atoms with E-state index in [-0.39, 0.29) is 11.8 Å². The predicted octanol–water partition coefficient (Wildman–Crippen LogP) is 5.50. The Morgan fingerprint density at radius 1 is 1.09 bits per heavy atom. The third-order valence-corrected chi connectivity index (χ3v) is 7.08. The zero-order valence-electron chi connectivity index (χ0n) is 20.3. The fraction of sp³-hybridized carbons (Fsp3) is 0.333. The number of amides is 1. The predicted molar refractivity (Wildman–Crippen MR) is 141 cm³/mol. The summed E-state index contributed by atoms with van der Waals surface area (Å²) in [6.07, 6.45) is 2.46. The summed E-state index contributed by atoms with van der Waals surface area (Å²) in [7, 11) is 0. The second-order valence-corrected chi connectivity index (χ2v) is 9.55. The Hall–Kier alpha value is -3.45. The lowest BCUT2D eigenvalue weighted by Gasteiger charge is -2.32. The Morgan fingerprint density at radius 2 is 1.83 bits per heavy atom. The summed E-state index contributed by atoms with van der Waals surface area (Å²) in [5.41, 5.74) is 5.73. The van der Waals surface area contributed by atoms with Crippen LogP contribution < -0.4 is 10.2 Å². The molecule has 0 saturated carbocycles. The first-order valence-electron chi connectivity index (χ1n) is 12.1. The summed E-state index contributed by atoms with van der Waals surface area (Å²) < 4.78 is 1.92. The Morgan fingerprint density at radius 3 is 2.54 bits per heavy atom. The van der Waals surface area contributed by atoms with Gasteiger partial charge < -0.3 is 10.2 Å². The molecule has 180 valence electrons. The van der Waals surface area contributed by atoms with Crippen molar-refractivity contribution < 1.29 is 4.79 Å². The van der Waals surface area contributed by atoms with Gasteiger partial charge in [-0.15, -0.1) is 5.10 Å². The van der Waals surface area contributed by atoms with Crippen LogP contribution in [-0.2, 0) is 11.2 Å². The molecule has 7 nitrogen and oxygen atoms in total. The van der Waals surface area contributed by atoms with Gasteiger partial charge in [-0.25, -0.2) is 4.68 Å². The molecule has 1 aliphatic heterocycles. The number of aryl methyl sites for hydroxylation is 3. The molecule has 1 saturated heterocycles. The fourth-order valence-corrected chi connectivity index (χ4v) is 4.95. The lowest BCUT2D eigenvalue weighted by atomic mass is 9.95. The maximum atomic E-state index is 12.9. The van der Waals surface area contributed by atoms with Crippen LogP contribution in [0.2, 0.25) is 5.02 Å². The fourth-order valence-electron chi connectivity index (χ4n) is 4.83. The van der Waals surface area contributed by atoms with Gasteiger partial charge >= 0.3 is 0 Å². The van der Waals surface area contributed by atoms with Gasteiger partial charge in [0, 0.05) is 29.7 Å². The van der Waals surface area contributed by atoms with Crippen LogP contribution in [0.3, 0.4) is 0 Å². The third kappa shape index (κ3) is 4.60. The number of carbonyl (C=O) groups excluding carboxylic acids is 1. The Labute approximate surface area is 210 Å². The van der Waals surface area contributed by atoms with E-state index in [2.05, 4.69) is 33.4 Å². The van der Waals surface area contributed by atoms with Crippen molar-refractivity contribution in [1.29, 1.82) is 0 Å². The van der Waals surface area contributed by atoms with Gasteiger partial charge in [-0.05, 0) is 75.1 Å². The number of carbonyl (C=O) groups is 1. The highest BCUT2D eigenvalue weighted by Gasteiger charge is 2.28. The molecule has 1 fully saturated rings. The Bertz CT molecular complexity index is 1370. The molecular formula is C27H29ClN6O. The van der Waals surface area contributed by atoms with E-state index in [9.17, 15) is 4.79 Å². The maximum absolute atomic E-state index is 12.9. The van der Waals surface area contributed by atoms with Gasteiger partial charge in [-0.1, -0.05) is 30.7 Å². The minimum atomic E-state index is -0.0289. The Balaban J connectivity index is 1.35. The van der Waals surface area contributed by atoms with Gasteiger partial charge in [0.1, 0.15) is 5.52 Å². The highest BCUT2D eigenvalue weighted by Crippen LogP contribution is 2.32. The minimum Gasteiger partial charge on any atom is -0.353 e. The summed E-state index contributed by atoms with van der Waals surface area (Å²) in [6, 6.07) is 15.7. The van der Waals surface area contributed by atoms with Crippen molar-refractivity contribution in [3.05, 3.63) is 70.5 Å². The van der Waals surface area contributed by atoms with Crippen LogP contribution >= 0.6 is 11.6 Å². The van der Waals surface area contributed by atoms with Gasteiger partial charge in [0.15, 0.2) is 5.82 Å². The second-order valence-electron chi connectivity index (χ2n) is 9.11. The minimum absolute atomic E-state index is 0.0289. The molecule has 0 radical (unpaired) electrons. The van der Waals surface area contributed by atoms with E-state index in [1.807, 2.05) is 61.0 Å². The summed E-state index contributed by atoms with van der Waals surface area (Å²) in [4.78, 5) is 15.1. The number of nitrogens with zero attached hydrogens (tertiary/aromatic N) is 5. The number of anilines is 2. The van der Waals surface area contributed by atoms with Crippen molar-refractivity contribution in [1.82, 2.24) is 20.0 Å². The highest BCUT2D eigenvalue weighted by atomic mass is 35.5. The second kappa shape index (κ2) is 9.66. The molecule has 2 aromatic carbocycles. The Kier molecular flexibility index (Phi) is 6.43. The molecule has 0 aliphatic carbocycles. The first-order chi connectivity index (χ1) is 16.9. The number of aromatic nitrogens is 4. The molecule has 8 heteroatoms. The molecule has 4 aromatic rings. The van der Waals surface area contributed by atoms with E-state index in [1.54, 1.807) is 0 Å². The van der Waals surface area contributed by atoms with Gasteiger partial charge in [-0.3, -0.25) is 4.79 Å². The SMILES string of the molecule is CCc1cccc(NC(=O)C2CCN(c3nnc(C)c4c(C)n(-c5ccc(Cl)cc5)nc34)CC2)c1. The van der Waals surface area contributed by atoms with Crippen LogP contribution in [-0.4, -0.2) is 39.0 Å². The average Bonchev–Trinajstić information content (AvgIpc) is 3.23. The molecule has 0 spiro atoms. The van der Waals surface area contributed by atoms with Crippen molar-refractivity contribution in [3.63, 3.8) is 0 Å². The van der Waals surface area contributed by atoms with E-state index in [1.165, 1.54) is 5.56 Å². The lowest BCUT2D eigenvalue weighted by Crippen LogP contribution is -2.38. The third-order valence-electron chi connectivity index (χ3n) is 6.82. The van der Waals surface area contributed by atoms with Crippen LogP contribution in [0.4, 0.5) is 11.5 Å². The van der Waals surface area contributed by atoms with Crippen LogP contribution in [0.15, 0.2) is 48.5 Å². The van der Waals surface area contributed by atoms with Crippen LogP contribution in [0.25, 0.3) is 16.6 Å². The summed E-state index contributed by atoms with van der Waals surface area (Å²) in [5, 5.41) is 18.7. The number of benzene rings is 2. The van der Waals surface area contributed by atoms with Crippen LogP contribution in [0.5, 0.6) is 0 Å². The highest BCUT2D eigenvalue weighted by molar-refractivity contribution is 6.30. The molecule has 1 aliphatic rings. The molecule has 3 heterocycles. The average molecular weight is 489 g/mol. The van der Waals surface area contributed by atoms with E-state index >= 15 is 0 Å². The number of rotatable bonds is 5. The molecule has 0 unspecified atom stereocenters. The zero-order valence-corrected chi connectivity index (χ0v) is 21.0. The monoisotopic (exact) mass is 488 g/mol. The van der Waals surface area contributed by atoms with Crippen LogP contribution in [0.1, 0.15) is 36.7 Å². The maximum Gasteiger partial charge on any atom is 0.227 e. The number of nitrogens with one attached hydrogen (secondary N) is 1. The summed E-state index contributed by atoms with van der Waals surface area (Å²) in [6.45, 7) is 7.58. The molecule has 1 amide bonds. The summed E-state index contributed by atoms with van der Waals surface area (Å²) in [5.74, 6) is 0.829. The molecular weight excluding hydrogens is 460 g/mol. The quantitative estimate of drug-likeness (QED) is 0.401. The standard InChI is InChI=1S/C27H29ClN6O/c1-4-19-6-5-7-22(16-19)29-27(35)20-12-14-33(15-13-20)26-25-24(17(2)30-31-26)18(3)34(32-25)23-10-8-21(28)9-11-23/h5-11,16,20H,4,12-15H2,1-3H3,(H,29,35). The van der Waals surface area contributed by atoms with E-state index < -0.39 is 0 Å². The number of hydrogen-bond acceptors (Lipinski definition) is 5. The summed E-state index contributed by atoms with van der Waals surface area (Å²) >= 11 is 6.08. The molecule has 5 rings (SSSR count). The topological polar surface area (TPSA) is 75.9 Å². The molecule has 2 aromatic heterocycles. The van der Waals surface area contributed by atoms with Crippen molar-refractivity contribution >= 4 is 39.9 Å². The van der Waals surface area contributed by atoms with Gasteiger partial charge in [-0.2, -0.15) is 10.2 Å². The van der Waals surface area contributed by atoms with Crippen molar-refractivity contribution in [2.24, 2.45) is 5.92 Å².